The van der Waals surface area contributed by atoms with Gasteiger partial charge in [0.1, 0.15) is 11.4 Å². The fraction of sp³-hybridized carbons (Fsp3) is 0.323. The van der Waals surface area contributed by atoms with E-state index in [1.165, 1.54) is 7.11 Å². The van der Waals surface area contributed by atoms with Gasteiger partial charge in [0.15, 0.2) is 5.69 Å². The lowest BCUT2D eigenvalue weighted by Crippen LogP contribution is -2.18. The minimum Gasteiger partial charge on any atom is -0.497 e. The number of hydrogen-bond acceptors (Lipinski definition) is 7. The number of rotatable bonds is 13. The summed E-state index contributed by atoms with van der Waals surface area (Å²) < 4.78 is 17.5. The maximum absolute atomic E-state index is 13.1. The third-order valence-corrected chi connectivity index (χ3v) is 6.63. The number of carbonyl (C=O) groups excluding carboxylic acids is 2. The van der Waals surface area contributed by atoms with Crippen molar-refractivity contribution in [3.8, 4) is 5.75 Å². The van der Waals surface area contributed by atoms with Crippen LogP contribution in [0.3, 0.4) is 0 Å². The minimum atomic E-state index is -0.562. The van der Waals surface area contributed by atoms with Crippen molar-refractivity contribution in [2.24, 2.45) is 0 Å². The number of hydrogen-bond donors (Lipinski definition) is 2. The summed E-state index contributed by atoms with van der Waals surface area (Å²) >= 11 is 0. The zero-order chi connectivity index (χ0) is 28.5. The number of pyridine rings is 1. The van der Waals surface area contributed by atoms with Gasteiger partial charge in [-0.15, -0.1) is 0 Å². The Kier molecular flexibility index (Phi) is 9.75. The van der Waals surface area contributed by atoms with E-state index in [1.54, 1.807) is 25.0 Å². The standard InChI is InChI=1S/C31H36N4O5/c1-21(17-23-11-8-12-25(18-23)39-3)33-24-19-26-28(34-27(36)14-13-22-9-6-5-7-10-22)29(31(37)40-4)35(15-16-38-2)30(26)32-20-24/h5-12,18-21,33H,13-17H2,1-4H3,(H,34,36)/t21-/m0/s1. The quantitative estimate of drug-likeness (QED) is 0.226. The average molecular weight is 545 g/mol. The van der Waals surface area contributed by atoms with Crippen LogP contribution >= 0.6 is 0 Å². The SMILES string of the molecule is COCCn1c(C(=O)OC)c(NC(=O)CCc2ccccc2)c2cc(N[C@@H](C)Cc3cccc(OC)c3)cnc21. The van der Waals surface area contributed by atoms with Crippen molar-refractivity contribution in [2.75, 3.05) is 38.6 Å². The van der Waals surface area contributed by atoms with E-state index in [0.29, 0.717) is 36.3 Å². The number of fused-ring (bicyclic) bond motifs is 1. The van der Waals surface area contributed by atoms with Crippen LogP contribution in [0.4, 0.5) is 11.4 Å². The van der Waals surface area contributed by atoms with E-state index in [4.69, 9.17) is 14.2 Å². The van der Waals surface area contributed by atoms with Gasteiger partial charge in [-0.3, -0.25) is 4.79 Å². The van der Waals surface area contributed by atoms with Crippen LogP contribution in [0.1, 0.15) is 35.0 Å². The van der Waals surface area contributed by atoms with Crippen LogP contribution in [-0.4, -0.2) is 55.4 Å². The Morgan fingerprint density at radius 3 is 2.50 bits per heavy atom. The molecule has 2 N–H and O–H groups in total. The van der Waals surface area contributed by atoms with Crippen LogP contribution in [0.2, 0.25) is 0 Å². The second-order valence-corrected chi connectivity index (χ2v) is 9.59. The number of ether oxygens (including phenoxy) is 3. The van der Waals surface area contributed by atoms with Gasteiger partial charge in [0.05, 0.1) is 38.4 Å². The van der Waals surface area contributed by atoms with Gasteiger partial charge in [-0.2, -0.15) is 0 Å². The van der Waals surface area contributed by atoms with Crippen molar-refractivity contribution in [3.63, 3.8) is 0 Å². The van der Waals surface area contributed by atoms with Gasteiger partial charge >= 0.3 is 5.97 Å². The molecule has 2 aromatic heterocycles. The molecular formula is C31H36N4O5. The number of amides is 1. The maximum atomic E-state index is 13.1. The molecule has 0 bridgehead atoms. The number of aryl methyl sites for hydroxylation is 1. The summed E-state index contributed by atoms with van der Waals surface area (Å²) in [4.78, 5) is 30.8. The predicted molar refractivity (Wildman–Crippen MR) is 156 cm³/mol. The van der Waals surface area contributed by atoms with Crippen molar-refractivity contribution >= 4 is 34.3 Å². The summed E-state index contributed by atoms with van der Waals surface area (Å²) in [6, 6.07) is 19.8. The molecule has 0 aliphatic rings. The van der Waals surface area contributed by atoms with Crippen LogP contribution in [0.15, 0.2) is 66.9 Å². The predicted octanol–water partition coefficient (Wildman–Crippen LogP) is 5.09. The lowest BCUT2D eigenvalue weighted by Gasteiger charge is -2.16. The molecule has 0 radical (unpaired) electrons. The third-order valence-electron chi connectivity index (χ3n) is 6.63. The monoisotopic (exact) mass is 544 g/mol. The van der Waals surface area contributed by atoms with E-state index < -0.39 is 5.97 Å². The molecule has 0 saturated carbocycles. The molecule has 0 aliphatic heterocycles. The minimum absolute atomic E-state index is 0.0749. The van der Waals surface area contributed by atoms with E-state index in [9.17, 15) is 9.59 Å². The molecule has 210 valence electrons. The largest absolute Gasteiger partial charge is 0.497 e. The van der Waals surface area contributed by atoms with Gasteiger partial charge in [-0.1, -0.05) is 42.5 Å². The van der Waals surface area contributed by atoms with E-state index in [2.05, 4.69) is 28.6 Å². The third kappa shape index (κ3) is 6.98. The molecule has 0 aliphatic carbocycles. The van der Waals surface area contributed by atoms with Crippen molar-refractivity contribution in [1.82, 2.24) is 9.55 Å². The smallest absolute Gasteiger partial charge is 0.356 e. The Hall–Kier alpha value is -4.37. The molecule has 0 spiro atoms. The van der Waals surface area contributed by atoms with Crippen molar-refractivity contribution in [1.29, 1.82) is 0 Å². The lowest BCUT2D eigenvalue weighted by atomic mass is 10.1. The topological polar surface area (TPSA) is 104 Å². The number of nitrogens with zero attached hydrogens (tertiary/aromatic N) is 2. The van der Waals surface area contributed by atoms with Gasteiger partial charge in [0.2, 0.25) is 5.91 Å². The van der Waals surface area contributed by atoms with E-state index in [0.717, 1.165) is 29.0 Å². The number of nitrogens with one attached hydrogen (secondary N) is 2. The number of aromatic nitrogens is 2. The summed E-state index contributed by atoms with van der Waals surface area (Å²) in [7, 11) is 4.57. The van der Waals surface area contributed by atoms with Crippen molar-refractivity contribution in [3.05, 3.63) is 83.7 Å². The summed E-state index contributed by atoms with van der Waals surface area (Å²) in [6.45, 7) is 2.80. The van der Waals surface area contributed by atoms with Crippen molar-refractivity contribution < 1.29 is 23.8 Å². The van der Waals surface area contributed by atoms with Crippen molar-refractivity contribution in [2.45, 2.75) is 38.8 Å². The van der Waals surface area contributed by atoms with Gasteiger partial charge < -0.3 is 29.4 Å². The fourth-order valence-electron chi connectivity index (χ4n) is 4.73. The molecule has 1 atom stereocenters. The first-order valence-corrected chi connectivity index (χ1v) is 13.3. The van der Waals surface area contributed by atoms with Crippen LogP contribution in [0.25, 0.3) is 11.0 Å². The Morgan fingerprint density at radius 1 is 1.00 bits per heavy atom. The molecule has 1 amide bonds. The van der Waals surface area contributed by atoms with Gasteiger partial charge in [0, 0.05) is 31.5 Å². The molecule has 4 aromatic rings. The Bertz CT molecular complexity index is 1450. The van der Waals surface area contributed by atoms with Gasteiger partial charge in [-0.25, -0.2) is 9.78 Å². The van der Waals surface area contributed by atoms with Crippen LogP contribution in [0.5, 0.6) is 5.75 Å². The fourth-order valence-corrected chi connectivity index (χ4v) is 4.73. The second-order valence-electron chi connectivity index (χ2n) is 9.59. The highest BCUT2D eigenvalue weighted by molar-refractivity contribution is 6.11. The highest BCUT2D eigenvalue weighted by Gasteiger charge is 2.26. The maximum Gasteiger partial charge on any atom is 0.356 e. The molecule has 40 heavy (non-hydrogen) atoms. The average Bonchev–Trinajstić information content (AvgIpc) is 3.27. The van der Waals surface area contributed by atoms with Crippen LogP contribution in [-0.2, 0) is 33.7 Å². The van der Waals surface area contributed by atoms with Crippen LogP contribution < -0.4 is 15.4 Å². The molecule has 4 rings (SSSR count). The van der Waals surface area contributed by atoms with E-state index >= 15 is 0 Å². The number of benzene rings is 2. The Balaban J connectivity index is 1.64. The molecule has 2 heterocycles. The first-order chi connectivity index (χ1) is 19.4. The molecule has 9 heteroatoms. The van der Waals surface area contributed by atoms with Gasteiger partial charge in [0.25, 0.3) is 0 Å². The van der Waals surface area contributed by atoms with Crippen LogP contribution in [0, 0.1) is 0 Å². The number of methoxy groups -OCH3 is 3. The zero-order valence-electron chi connectivity index (χ0n) is 23.4. The molecule has 9 nitrogen and oxygen atoms in total. The molecule has 0 saturated heterocycles. The summed E-state index contributed by atoms with van der Waals surface area (Å²) in [5, 5.41) is 7.12. The number of anilines is 2. The summed E-state index contributed by atoms with van der Waals surface area (Å²) in [5.74, 6) is 0.0473. The first kappa shape index (κ1) is 28.6. The lowest BCUT2D eigenvalue weighted by molar-refractivity contribution is -0.116. The molecule has 2 aromatic carbocycles. The second kappa shape index (κ2) is 13.6. The first-order valence-electron chi connectivity index (χ1n) is 13.3. The molecule has 0 fully saturated rings. The zero-order valence-corrected chi connectivity index (χ0v) is 23.4. The number of esters is 1. The molecule has 0 unspecified atom stereocenters. The highest BCUT2D eigenvalue weighted by Crippen LogP contribution is 2.33. The normalized spacial score (nSPS) is 11.7. The number of carbonyl (C=O) groups is 2. The Morgan fingerprint density at radius 2 is 1.77 bits per heavy atom. The molecular weight excluding hydrogens is 508 g/mol. The van der Waals surface area contributed by atoms with E-state index in [-0.39, 0.29) is 24.1 Å². The summed E-state index contributed by atoms with van der Waals surface area (Å²) in [6.07, 6.45) is 3.34. The highest BCUT2D eigenvalue weighted by atomic mass is 16.5. The summed E-state index contributed by atoms with van der Waals surface area (Å²) in [5.41, 5.74) is 4.14. The Labute approximate surface area is 234 Å². The van der Waals surface area contributed by atoms with Gasteiger partial charge in [-0.05, 0) is 49.1 Å². The van der Waals surface area contributed by atoms with E-state index in [1.807, 2.05) is 54.6 Å².